The second kappa shape index (κ2) is 6.93. The highest BCUT2D eigenvalue weighted by molar-refractivity contribution is 7.91. The van der Waals surface area contributed by atoms with Crippen LogP contribution in [0.25, 0.3) is 11.3 Å². The zero-order chi connectivity index (χ0) is 17.9. The topological polar surface area (TPSA) is 120 Å². The number of aliphatic hydroxyl groups is 1. The number of hydrogen-bond acceptors (Lipinski definition) is 7. The number of rotatable bonds is 5. The summed E-state index contributed by atoms with van der Waals surface area (Å²) in [5, 5.41) is 8.96. The Morgan fingerprint density at radius 2 is 1.96 bits per heavy atom. The molecule has 0 aliphatic carbocycles. The number of nitrogens with zero attached hydrogens (tertiary/aromatic N) is 1. The lowest BCUT2D eigenvalue weighted by molar-refractivity contribution is 0.0595. The number of carbonyl (C=O) groups is 1. The largest absolute Gasteiger partial charge is 0.464 e. The number of hydrogen-bond donors (Lipinski definition) is 2. The number of pyridine rings is 1. The Bertz CT molecular complexity index is 866. The first-order valence-electron chi connectivity index (χ1n) is 6.78. The summed E-state index contributed by atoms with van der Waals surface area (Å²) in [6.07, 6.45) is 0. The Morgan fingerprint density at radius 1 is 1.33 bits per heavy atom. The normalized spacial score (nSPS) is 11.3. The average molecular weight is 354 g/mol. The molecular weight excluding hydrogens is 339 g/mol. The van der Waals surface area contributed by atoms with E-state index in [-0.39, 0.29) is 27.5 Å². The summed E-state index contributed by atoms with van der Waals surface area (Å²) in [4.78, 5) is 15.5. The van der Waals surface area contributed by atoms with Crippen LogP contribution in [0.1, 0.15) is 10.5 Å². The van der Waals surface area contributed by atoms with E-state index >= 15 is 0 Å². The predicted octanol–water partition coefficient (Wildman–Crippen LogP) is 1.02. The smallest absolute Gasteiger partial charge is 0.358 e. The Hall–Kier alpha value is -2.52. The summed E-state index contributed by atoms with van der Waals surface area (Å²) in [6.45, 7) is -0.593. The summed E-state index contributed by atoms with van der Waals surface area (Å²) in [6, 6.07) is 6.00. The quantitative estimate of drug-likeness (QED) is 0.769. The second-order valence-electron chi connectivity index (χ2n) is 4.81. The van der Waals surface area contributed by atoms with Crippen LogP contribution in [0.4, 0.5) is 10.1 Å². The first-order valence-corrected chi connectivity index (χ1v) is 8.43. The number of benzene rings is 1. The molecule has 0 radical (unpaired) electrons. The molecule has 1 aromatic carbocycles. The van der Waals surface area contributed by atoms with Crippen molar-refractivity contribution in [3.63, 3.8) is 0 Å². The molecule has 0 aliphatic heterocycles. The first-order chi connectivity index (χ1) is 11.3. The second-order valence-corrected chi connectivity index (χ2v) is 6.89. The van der Waals surface area contributed by atoms with Crippen LogP contribution in [-0.2, 0) is 14.6 Å². The van der Waals surface area contributed by atoms with Crippen LogP contribution in [0.3, 0.4) is 0 Å². The van der Waals surface area contributed by atoms with Gasteiger partial charge in [0.2, 0.25) is 0 Å². The Balaban J connectivity index is 2.76. The van der Waals surface area contributed by atoms with Gasteiger partial charge in [0.1, 0.15) is 5.82 Å². The fraction of sp³-hybridized carbons (Fsp3) is 0.200. The molecule has 0 spiro atoms. The fourth-order valence-electron chi connectivity index (χ4n) is 2.05. The number of halogens is 1. The highest BCUT2D eigenvalue weighted by Gasteiger charge is 2.25. The van der Waals surface area contributed by atoms with Crippen molar-refractivity contribution in [3.05, 3.63) is 41.8 Å². The van der Waals surface area contributed by atoms with Crippen molar-refractivity contribution in [2.45, 2.75) is 4.90 Å². The summed E-state index contributed by atoms with van der Waals surface area (Å²) < 4.78 is 42.4. The van der Waals surface area contributed by atoms with Crippen LogP contribution in [-0.4, -0.2) is 43.9 Å². The van der Waals surface area contributed by atoms with Gasteiger partial charge in [0.05, 0.1) is 35.7 Å². The van der Waals surface area contributed by atoms with Crippen molar-refractivity contribution in [1.29, 1.82) is 0 Å². The maximum Gasteiger partial charge on any atom is 0.358 e. The third kappa shape index (κ3) is 3.52. The molecule has 1 heterocycles. The number of carbonyl (C=O) groups excluding carboxylic acids is 1. The summed E-state index contributed by atoms with van der Waals surface area (Å²) in [5.41, 5.74) is 5.49. The molecule has 2 rings (SSSR count). The minimum atomic E-state index is -3.91. The first kappa shape index (κ1) is 17.8. The van der Waals surface area contributed by atoms with Crippen molar-refractivity contribution in [1.82, 2.24) is 4.98 Å². The van der Waals surface area contributed by atoms with Crippen LogP contribution in [0.15, 0.2) is 35.2 Å². The molecule has 0 saturated heterocycles. The third-order valence-corrected chi connectivity index (χ3v) is 4.91. The number of sulfone groups is 1. The van der Waals surface area contributed by atoms with Gasteiger partial charge in [-0.15, -0.1) is 0 Å². The molecule has 0 atom stereocenters. The highest BCUT2D eigenvalue weighted by Crippen LogP contribution is 2.30. The number of aromatic nitrogens is 1. The molecular formula is C15H15FN2O5S. The molecule has 0 fully saturated rings. The van der Waals surface area contributed by atoms with Gasteiger partial charge in [0, 0.05) is 5.56 Å². The van der Waals surface area contributed by atoms with Gasteiger partial charge in [-0.25, -0.2) is 22.6 Å². The van der Waals surface area contributed by atoms with Crippen molar-refractivity contribution in [3.8, 4) is 11.3 Å². The van der Waals surface area contributed by atoms with E-state index < -0.39 is 34.0 Å². The lowest BCUT2D eigenvalue weighted by atomic mass is 10.1. The van der Waals surface area contributed by atoms with Crippen LogP contribution in [0.2, 0.25) is 0 Å². The lowest BCUT2D eigenvalue weighted by Gasteiger charge is -2.13. The molecule has 0 aliphatic rings. The van der Waals surface area contributed by atoms with E-state index in [0.717, 1.165) is 25.3 Å². The van der Waals surface area contributed by atoms with Crippen molar-refractivity contribution in [2.24, 2.45) is 0 Å². The predicted molar refractivity (Wildman–Crippen MR) is 84.5 cm³/mol. The van der Waals surface area contributed by atoms with E-state index in [9.17, 15) is 17.6 Å². The zero-order valence-corrected chi connectivity index (χ0v) is 13.5. The van der Waals surface area contributed by atoms with Gasteiger partial charge in [-0.1, -0.05) is 0 Å². The number of aliphatic hydroxyl groups excluding tert-OH is 1. The molecule has 0 bridgehead atoms. The minimum absolute atomic E-state index is 0.0712. The van der Waals surface area contributed by atoms with E-state index in [1.165, 1.54) is 12.1 Å². The van der Waals surface area contributed by atoms with Crippen LogP contribution in [0, 0.1) is 5.82 Å². The summed E-state index contributed by atoms with van der Waals surface area (Å²) >= 11 is 0. The van der Waals surface area contributed by atoms with Gasteiger partial charge >= 0.3 is 5.97 Å². The van der Waals surface area contributed by atoms with E-state index in [2.05, 4.69) is 9.72 Å². The van der Waals surface area contributed by atoms with Crippen molar-refractivity contribution in [2.75, 3.05) is 25.2 Å². The van der Waals surface area contributed by atoms with Crippen LogP contribution < -0.4 is 5.73 Å². The fourth-order valence-corrected chi connectivity index (χ4v) is 3.28. The molecule has 0 unspecified atom stereocenters. The van der Waals surface area contributed by atoms with Gasteiger partial charge in [-0.2, -0.15) is 0 Å². The SMILES string of the molecule is COC(=O)c1nc(-c2ccc(F)cc2)c(S(=O)(=O)CCO)cc1N. The van der Waals surface area contributed by atoms with Crippen LogP contribution in [0.5, 0.6) is 0 Å². The maximum absolute atomic E-state index is 13.1. The van der Waals surface area contributed by atoms with E-state index in [4.69, 9.17) is 10.8 Å². The summed E-state index contributed by atoms with van der Waals surface area (Å²) in [7, 11) is -2.77. The molecule has 0 amide bonds. The number of methoxy groups -OCH3 is 1. The molecule has 0 saturated carbocycles. The number of nitrogen functional groups attached to an aromatic ring is 1. The number of esters is 1. The van der Waals surface area contributed by atoms with Crippen LogP contribution >= 0.6 is 0 Å². The Morgan fingerprint density at radius 3 is 2.50 bits per heavy atom. The van der Waals surface area contributed by atoms with Crippen molar-refractivity contribution < 1.29 is 27.4 Å². The van der Waals surface area contributed by atoms with Gasteiger partial charge in [-0.05, 0) is 30.3 Å². The van der Waals surface area contributed by atoms with E-state index in [1.54, 1.807) is 0 Å². The number of nitrogens with two attached hydrogens (primary N) is 1. The third-order valence-electron chi connectivity index (χ3n) is 3.21. The highest BCUT2D eigenvalue weighted by atomic mass is 32.2. The monoisotopic (exact) mass is 354 g/mol. The molecule has 2 aromatic rings. The van der Waals surface area contributed by atoms with E-state index in [0.29, 0.717) is 0 Å². The van der Waals surface area contributed by atoms with Gasteiger partial charge in [-0.3, -0.25) is 0 Å². The molecule has 7 nitrogen and oxygen atoms in total. The van der Waals surface area contributed by atoms with Gasteiger partial charge < -0.3 is 15.6 Å². The maximum atomic E-state index is 13.1. The number of anilines is 1. The molecule has 1 aromatic heterocycles. The molecule has 24 heavy (non-hydrogen) atoms. The standard InChI is InChI=1S/C15H15FN2O5S/c1-23-15(20)14-11(17)8-12(24(21,22)7-6-19)13(18-14)9-2-4-10(16)5-3-9/h2-5,8,19H,6-7,17H2,1H3. The zero-order valence-electron chi connectivity index (χ0n) is 12.7. The van der Waals surface area contributed by atoms with Gasteiger partial charge in [0.15, 0.2) is 15.5 Å². The Labute approximate surface area is 137 Å². The molecule has 3 N–H and O–H groups in total. The summed E-state index contributed by atoms with van der Waals surface area (Å²) in [5.74, 6) is -1.89. The number of ether oxygens (including phenoxy) is 1. The Kier molecular flexibility index (Phi) is 5.15. The van der Waals surface area contributed by atoms with E-state index in [1.807, 2.05) is 0 Å². The van der Waals surface area contributed by atoms with Crippen molar-refractivity contribution >= 4 is 21.5 Å². The average Bonchev–Trinajstić information content (AvgIpc) is 2.54. The molecule has 9 heteroatoms. The molecule has 128 valence electrons. The van der Waals surface area contributed by atoms with Gasteiger partial charge in [0.25, 0.3) is 0 Å². The lowest BCUT2D eigenvalue weighted by Crippen LogP contribution is -2.16. The minimum Gasteiger partial charge on any atom is -0.464 e.